The molecule has 4 rings (SSSR count). The van der Waals surface area contributed by atoms with Crippen LogP contribution in [0.2, 0.25) is 0 Å². The molecular formula is C23H24N6O3S. The van der Waals surface area contributed by atoms with Gasteiger partial charge in [0.2, 0.25) is 16.0 Å². The Balaban J connectivity index is 1.62. The number of nitrogens with zero attached hydrogens (tertiary/aromatic N) is 4. The molecule has 10 heteroatoms. The van der Waals surface area contributed by atoms with Crippen molar-refractivity contribution in [1.82, 2.24) is 19.9 Å². The van der Waals surface area contributed by atoms with Crippen LogP contribution in [-0.4, -0.2) is 49.2 Å². The minimum absolute atomic E-state index is 0.154. The van der Waals surface area contributed by atoms with Crippen molar-refractivity contribution >= 4 is 44.3 Å². The van der Waals surface area contributed by atoms with Crippen LogP contribution in [0, 0.1) is 0 Å². The van der Waals surface area contributed by atoms with E-state index in [-0.39, 0.29) is 5.91 Å². The lowest BCUT2D eigenvalue weighted by atomic mass is 10.2. The number of amides is 1. The first-order valence-electron chi connectivity index (χ1n) is 10.2. The Morgan fingerprint density at radius 3 is 2.52 bits per heavy atom. The van der Waals surface area contributed by atoms with Gasteiger partial charge in [0, 0.05) is 43.1 Å². The number of para-hydroxylation sites is 1. The molecule has 33 heavy (non-hydrogen) atoms. The number of anilines is 3. The van der Waals surface area contributed by atoms with E-state index < -0.39 is 10.0 Å². The minimum Gasteiger partial charge on any atom is -0.355 e. The number of hydrogen-bond acceptors (Lipinski definition) is 6. The molecule has 0 aliphatic heterocycles. The summed E-state index contributed by atoms with van der Waals surface area (Å²) in [6.45, 7) is 0.441. The van der Waals surface area contributed by atoms with Gasteiger partial charge in [0.15, 0.2) is 0 Å². The van der Waals surface area contributed by atoms with Gasteiger partial charge in [-0.2, -0.15) is 4.98 Å². The van der Waals surface area contributed by atoms with Gasteiger partial charge in [0.05, 0.1) is 18.5 Å². The number of benzene rings is 2. The summed E-state index contributed by atoms with van der Waals surface area (Å²) in [5.74, 6) is 0.260. The summed E-state index contributed by atoms with van der Waals surface area (Å²) < 4.78 is 27.3. The number of nitrogens with one attached hydrogen (secondary N) is 2. The number of hydrogen-bond donors (Lipinski definition) is 2. The third kappa shape index (κ3) is 4.80. The maximum absolute atomic E-state index is 12.1. The minimum atomic E-state index is -3.39. The Hall–Kier alpha value is -3.92. The highest BCUT2D eigenvalue weighted by Gasteiger charge is 2.16. The van der Waals surface area contributed by atoms with Crippen molar-refractivity contribution in [1.29, 1.82) is 0 Å². The van der Waals surface area contributed by atoms with E-state index in [1.54, 1.807) is 50.6 Å². The summed E-state index contributed by atoms with van der Waals surface area (Å²) in [5, 5.41) is 6.61. The summed E-state index contributed by atoms with van der Waals surface area (Å²) >= 11 is 0. The lowest BCUT2D eigenvalue weighted by molar-refractivity contribution is 0.0963. The fraction of sp³-hybridized carbons (Fsp3) is 0.174. The lowest BCUT2D eigenvalue weighted by Crippen LogP contribution is -2.26. The Morgan fingerprint density at radius 2 is 1.82 bits per heavy atom. The van der Waals surface area contributed by atoms with Gasteiger partial charge in [0.25, 0.3) is 5.91 Å². The summed E-state index contributed by atoms with van der Waals surface area (Å²) in [4.78, 5) is 20.7. The van der Waals surface area contributed by atoms with Crippen molar-refractivity contribution in [2.75, 3.05) is 30.0 Å². The van der Waals surface area contributed by atoms with E-state index in [0.29, 0.717) is 29.4 Å². The molecule has 2 N–H and O–H groups in total. The van der Waals surface area contributed by atoms with Crippen LogP contribution in [0.15, 0.2) is 67.0 Å². The fourth-order valence-corrected chi connectivity index (χ4v) is 3.99. The first kappa shape index (κ1) is 22.3. The van der Waals surface area contributed by atoms with Crippen LogP contribution in [0.1, 0.15) is 15.9 Å². The smallest absolute Gasteiger partial charge is 0.251 e. The Kier molecular flexibility index (Phi) is 6.01. The molecule has 0 aliphatic rings. The zero-order valence-electron chi connectivity index (χ0n) is 18.5. The first-order valence-corrected chi connectivity index (χ1v) is 12.0. The molecule has 9 nitrogen and oxygen atoms in total. The van der Waals surface area contributed by atoms with Crippen LogP contribution in [-0.2, 0) is 16.6 Å². The number of aromatic nitrogens is 3. The van der Waals surface area contributed by atoms with Crippen LogP contribution in [0.25, 0.3) is 11.0 Å². The topological polar surface area (TPSA) is 109 Å². The van der Waals surface area contributed by atoms with Crippen LogP contribution in [0.4, 0.5) is 17.3 Å². The zero-order valence-corrected chi connectivity index (χ0v) is 19.3. The number of carbonyl (C=O) groups excluding carboxylic acids is 1. The maximum atomic E-state index is 12.1. The van der Waals surface area contributed by atoms with Gasteiger partial charge in [-0.1, -0.05) is 18.2 Å². The largest absolute Gasteiger partial charge is 0.355 e. The molecule has 0 radical (unpaired) electrons. The van der Waals surface area contributed by atoms with E-state index in [2.05, 4.69) is 20.6 Å². The number of rotatable bonds is 7. The van der Waals surface area contributed by atoms with E-state index in [1.807, 2.05) is 35.0 Å². The first-order chi connectivity index (χ1) is 15.8. The molecule has 2 aromatic carbocycles. The predicted octanol–water partition coefficient (Wildman–Crippen LogP) is 2.98. The third-order valence-electron chi connectivity index (χ3n) is 5.30. The molecule has 0 unspecified atom stereocenters. The van der Waals surface area contributed by atoms with E-state index >= 15 is 0 Å². The second-order valence-electron chi connectivity index (χ2n) is 7.56. The van der Waals surface area contributed by atoms with Gasteiger partial charge in [-0.15, -0.1) is 0 Å². The summed E-state index contributed by atoms with van der Waals surface area (Å²) in [6, 6.07) is 16.3. The van der Waals surface area contributed by atoms with E-state index in [4.69, 9.17) is 0 Å². The monoisotopic (exact) mass is 464 g/mol. The molecule has 0 fully saturated rings. The molecule has 0 bridgehead atoms. The number of sulfonamides is 1. The van der Waals surface area contributed by atoms with Gasteiger partial charge in [-0.3, -0.25) is 9.10 Å². The van der Waals surface area contributed by atoms with Crippen molar-refractivity contribution in [3.63, 3.8) is 0 Å². The SMILES string of the molecule is CNC(=O)c1ccc(Nc2ncc3ccn(Cc4ccccc4N(C)S(C)(=O)=O)c3n2)cc1. The highest BCUT2D eigenvalue weighted by atomic mass is 32.2. The number of fused-ring (bicyclic) bond motifs is 1. The second-order valence-corrected chi connectivity index (χ2v) is 9.57. The van der Waals surface area contributed by atoms with Crippen LogP contribution >= 0.6 is 0 Å². The second kappa shape index (κ2) is 8.91. The molecule has 0 saturated carbocycles. The standard InChI is InChI=1S/C23H24N6O3S/c1-24-22(30)16-8-10-19(11-9-16)26-23-25-14-17-12-13-29(21(17)27-23)15-18-6-4-5-7-20(18)28(2)33(3,31)32/h4-14H,15H2,1-3H3,(H,24,30)(H,25,26,27). The van der Waals surface area contributed by atoms with Crippen LogP contribution in [0.5, 0.6) is 0 Å². The zero-order chi connectivity index (χ0) is 23.6. The molecule has 1 amide bonds. The molecule has 0 atom stereocenters. The fourth-order valence-electron chi connectivity index (χ4n) is 3.45. The average molecular weight is 465 g/mol. The van der Waals surface area contributed by atoms with Crippen molar-refractivity contribution in [2.24, 2.45) is 0 Å². The summed E-state index contributed by atoms with van der Waals surface area (Å²) in [7, 11) is -0.257. The van der Waals surface area contributed by atoms with Crippen LogP contribution < -0.4 is 14.9 Å². The molecule has 170 valence electrons. The molecule has 0 spiro atoms. The molecule has 4 aromatic rings. The van der Waals surface area contributed by atoms with Crippen molar-refractivity contribution in [2.45, 2.75) is 6.54 Å². The van der Waals surface area contributed by atoms with E-state index in [1.165, 1.54) is 10.6 Å². The summed E-state index contributed by atoms with van der Waals surface area (Å²) in [6.07, 6.45) is 4.81. The summed E-state index contributed by atoms with van der Waals surface area (Å²) in [5.41, 5.74) is 3.49. The van der Waals surface area contributed by atoms with Gasteiger partial charge >= 0.3 is 0 Å². The Labute approximate surface area is 192 Å². The van der Waals surface area contributed by atoms with E-state index in [9.17, 15) is 13.2 Å². The maximum Gasteiger partial charge on any atom is 0.251 e. The third-order valence-corrected chi connectivity index (χ3v) is 6.49. The van der Waals surface area contributed by atoms with E-state index in [0.717, 1.165) is 16.6 Å². The van der Waals surface area contributed by atoms with Crippen molar-refractivity contribution < 1.29 is 13.2 Å². The van der Waals surface area contributed by atoms with Gasteiger partial charge in [0.1, 0.15) is 5.65 Å². The van der Waals surface area contributed by atoms with Crippen LogP contribution in [0.3, 0.4) is 0 Å². The van der Waals surface area contributed by atoms with Gasteiger partial charge in [-0.05, 0) is 42.0 Å². The van der Waals surface area contributed by atoms with Gasteiger partial charge in [-0.25, -0.2) is 13.4 Å². The molecular weight excluding hydrogens is 440 g/mol. The Bertz CT molecular complexity index is 1410. The quantitative estimate of drug-likeness (QED) is 0.435. The highest BCUT2D eigenvalue weighted by molar-refractivity contribution is 7.92. The van der Waals surface area contributed by atoms with Crippen molar-refractivity contribution in [3.8, 4) is 0 Å². The molecule has 2 aromatic heterocycles. The highest BCUT2D eigenvalue weighted by Crippen LogP contribution is 2.25. The number of carbonyl (C=O) groups is 1. The van der Waals surface area contributed by atoms with Gasteiger partial charge < -0.3 is 15.2 Å². The Morgan fingerprint density at radius 1 is 1.09 bits per heavy atom. The van der Waals surface area contributed by atoms with Crippen molar-refractivity contribution in [3.05, 3.63) is 78.1 Å². The predicted molar refractivity (Wildman–Crippen MR) is 129 cm³/mol. The molecule has 2 heterocycles. The lowest BCUT2D eigenvalue weighted by Gasteiger charge is -2.20. The molecule has 0 saturated heterocycles. The molecule has 0 aliphatic carbocycles. The normalized spacial score (nSPS) is 11.4. The average Bonchev–Trinajstić information content (AvgIpc) is 3.20.